The average molecular weight is 313 g/mol. The summed E-state index contributed by atoms with van der Waals surface area (Å²) in [4.78, 5) is 10.6. The number of anilines is 1. The van der Waals surface area contributed by atoms with Crippen molar-refractivity contribution < 1.29 is 22.7 Å². The Morgan fingerprint density at radius 2 is 2.14 bits per heavy atom. The summed E-state index contributed by atoms with van der Waals surface area (Å²) in [6.45, 7) is 5.10. The smallest absolute Gasteiger partial charge is 0.371 e. The van der Waals surface area contributed by atoms with Crippen molar-refractivity contribution in [1.82, 2.24) is 9.78 Å². The van der Waals surface area contributed by atoms with Gasteiger partial charge in [-0.3, -0.25) is 4.72 Å². The number of aromatic nitrogens is 2. The second-order valence-corrected chi connectivity index (χ2v) is 6.35. The minimum atomic E-state index is -3.95. The first kappa shape index (κ1) is 15.1. The van der Waals surface area contributed by atoms with E-state index in [9.17, 15) is 13.2 Å². The molecule has 21 heavy (non-hydrogen) atoms. The zero-order chi connectivity index (χ0) is 15.8. The fourth-order valence-electron chi connectivity index (χ4n) is 1.84. The van der Waals surface area contributed by atoms with Crippen LogP contribution in [0.2, 0.25) is 0 Å². The van der Waals surface area contributed by atoms with E-state index in [0.29, 0.717) is 5.82 Å². The Balaban J connectivity index is 2.39. The summed E-state index contributed by atoms with van der Waals surface area (Å²) in [5.41, 5.74) is 0. The highest BCUT2D eigenvalue weighted by Gasteiger charge is 2.25. The number of hydrogen-bond acceptors (Lipinski definition) is 5. The van der Waals surface area contributed by atoms with Gasteiger partial charge in [0.05, 0.1) is 6.20 Å². The molecule has 0 saturated heterocycles. The van der Waals surface area contributed by atoms with Crippen molar-refractivity contribution in [1.29, 1.82) is 0 Å². The number of carboxylic acid groups (broad SMARTS) is 1. The van der Waals surface area contributed by atoms with E-state index in [4.69, 9.17) is 9.52 Å². The number of carboxylic acids is 1. The molecule has 0 atom stereocenters. The molecule has 0 aromatic carbocycles. The van der Waals surface area contributed by atoms with Crippen molar-refractivity contribution >= 4 is 21.8 Å². The molecule has 2 aromatic rings. The Bertz CT molecular complexity index is 773. The average Bonchev–Trinajstić information content (AvgIpc) is 2.95. The first-order valence-corrected chi connectivity index (χ1v) is 7.60. The third kappa shape index (κ3) is 2.92. The van der Waals surface area contributed by atoms with Crippen LogP contribution in [0.3, 0.4) is 0 Å². The summed E-state index contributed by atoms with van der Waals surface area (Å²) in [6.07, 6.45) is 1.47. The maximum Gasteiger partial charge on any atom is 0.371 e. The van der Waals surface area contributed by atoms with Crippen molar-refractivity contribution in [3.63, 3.8) is 0 Å². The highest BCUT2D eigenvalue weighted by atomic mass is 32.2. The number of aromatic carboxylic acids is 1. The highest BCUT2D eigenvalue weighted by molar-refractivity contribution is 7.92. The van der Waals surface area contributed by atoms with Gasteiger partial charge >= 0.3 is 5.97 Å². The fourth-order valence-corrected chi connectivity index (χ4v) is 3.07. The molecule has 8 nitrogen and oxygen atoms in total. The quantitative estimate of drug-likeness (QED) is 0.870. The van der Waals surface area contributed by atoms with Gasteiger partial charge in [0.15, 0.2) is 0 Å². The molecule has 9 heteroatoms. The monoisotopic (exact) mass is 313 g/mol. The Labute approximate surface area is 121 Å². The Morgan fingerprint density at radius 1 is 1.48 bits per heavy atom. The maximum absolute atomic E-state index is 12.3. The Morgan fingerprint density at radius 3 is 2.67 bits per heavy atom. The van der Waals surface area contributed by atoms with E-state index in [1.807, 2.05) is 13.8 Å². The van der Waals surface area contributed by atoms with Crippen LogP contribution in [0.1, 0.15) is 36.2 Å². The lowest BCUT2D eigenvalue weighted by Gasteiger charge is -2.12. The molecule has 2 aromatic heterocycles. The minimum absolute atomic E-state index is 0.00973. The van der Waals surface area contributed by atoms with Gasteiger partial charge in [-0.2, -0.15) is 5.10 Å². The van der Waals surface area contributed by atoms with E-state index in [2.05, 4.69) is 9.82 Å². The number of hydrogen-bond donors (Lipinski definition) is 2. The Kier molecular flexibility index (Phi) is 3.77. The first-order chi connectivity index (χ1) is 9.72. The molecule has 0 radical (unpaired) electrons. The lowest BCUT2D eigenvalue weighted by molar-refractivity contribution is 0.0661. The minimum Gasteiger partial charge on any atom is -0.475 e. The van der Waals surface area contributed by atoms with Crippen LogP contribution >= 0.6 is 0 Å². The van der Waals surface area contributed by atoms with Crippen LogP contribution in [0.5, 0.6) is 0 Å². The number of rotatable bonds is 5. The largest absolute Gasteiger partial charge is 0.475 e. The molecule has 0 amide bonds. The molecule has 2 heterocycles. The van der Waals surface area contributed by atoms with Gasteiger partial charge in [-0.05, 0) is 20.8 Å². The topological polar surface area (TPSA) is 114 Å². The zero-order valence-corrected chi connectivity index (χ0v) is 12.5. The zero-order valence-electron chi connectivity index (χ0n) is 11.7. The van der Waals surface area contributed by atoms with Crippen molar-refractivity contribution in [3.8, 4) is 0 Å². The molecule has 0 aliphatic rings. The van der Waals surface area contributed by atoms with E-state index in [1.165, 1.54) is 23.9 Å². The van der Waals surface area contributed by atoms with Crippen molar-refractivity contribution in [2.75, 3.05) is 4.72 Å². The maximum atomic E-state index is 12.3. The van der Waals surface area contributed by atoms with Gasteiger partial charge < -0.3 is 9.52 Å². The van der Waals surface area contributed by atoms with Gasteiger partial charge in [-0.25, -0.2) is 17.9 Å². The number of carbonyl (C=O) groups is 1. The third-order valence-corrected chi connectivity index (χ3v) is 4.23. The van der Waals surface area contributed by atoms with Crippen molar-refractivity contribution in [2.24, 2.45) is 0 Å². The summed E-state index contributed by atoms with van der Waals surface area (Å²) >= 11 is 0. The van der Waals surface area contributed by atoms with E-state index in [0.717, 1.165) is 6.07 Å². The van der Waals surface area contributed by atoms with Gasteiger partial charge in [0.25, 0.3) is 10.0 Å². The molecule has 0 saturated carbocycles. The van der Waals surface area contributed by atoms with Crippen LogP contribution in [0, 0.1) is 6.92 Å². The second kappa shape index (κ2) is 5.24. The van der Waals surface area contributed by atoms with Crippen molar-refractivity contribution in [3.05, 3.63) is 29.9 Å². The predicted octanol–water partition coefficient (Wildman–Crippen LogP) is 1.86. The molecule has 114 valence electrons. The lowest BCUT2D eigenvalue weighted by atomic mass is 10.4. The van der Waals surface area contributed by atoms with Gasteiger partial charge in [0.2, 0.25) is 5.76 Å². The first-order valence-electron chi connectivity index (χ1n) is 6.12. The molecule has 0 bridgehead atoms. The number of sulfonamides is 1. The van der Waals surface area contributed by atoms with Crippen LogP contribution in [-0.4, -0.2) is 29.3 Å². The SMILES string of the molecule is Cc1oc(C(=O)O)cc1S(=O)(=O)Nc1ccnn1C(C)C. The summed E-state index contributed by atoms with van der Waals surface area (Å²) < 4.78 is 33.5. The predicted molar refractivity (Wildman–Crippen MR) is 73.8 cm³/mol. The van der Waals surface area contributed by atoms with Gasteiger partial charge in [-0.1, -0.05) is 0 Å². The molecule has 0 spiro atoms. The normalized spacial score (nSPS) is 11.8. The summed E-state index contributed by atoms with van der Waals surface area (Å²) in [7, 11) is -3.95. The van der Waals surface area contributed by atoms with Gasteiger partial charge in [-0.15, -0.1) is 0 Å². The molecular weight excluding hydrogens is 298 g/mol. The Hall–Kier alpha value is -2.29. The fraction of sp³-hybridized carbons (Fsp3) is 0.333. The standard InChI is InChI=1S/C12H15N3O5S/c1-7(2)15-11(4-5-13-15)14-21(18,19)10-6-9(12(16)17)20-8(10)3/h4-7,14H,1-3H3,(H,16,17). The van der Waals surface area contributed by atoms with E-state index in [-0.39, 0.29) is 16.7 Å². The molecule has 0 aliphatic carbocycles. The molecule has 2 N–H and O–H groups in total. The van der Waals surface area contributed by atoms with Gasteiger partial charge in [0.1, 0.15) is 16.5 Å². The molecule has 0 unspecified atom stereocenters. The second-order valence-electron chi connectivity index (χ2n) is 4.70. The van der Waals surface area contributed by atoms with E-state index >= 15 is 0 Å². The summed E-state index contributed by atoms with van der Waals surface area (Å²) in [5, 5.41) is 12.9. The van der Waals surface area contributed by atoms with Crippen LogP contribution < -0.4 is 4.72 Å². The van der Waals surface area contributed by atoms with Crippen LogP contribution in [-0.2, 0) is 10.0 Å². The molecule has 2 rings (SSSR count). The van der Waals surface area contributed by atoms with Crippen LogP contribution in [0.25, 0.3) is 0 Å². The number of aryl methyl sites for hydroxylation is 1. The third-order valence-electron chi connectivity index (χ3n) is 2.77. The van der Waals surface area contributed by atoms with Gasteiger partial charge in [0, 0.05) is 18.2 Å². The summed E-state index contributed by atoms with van der Waals surface area (Å²) in [6, 6.07) is 2.47. The van der Waals surface area contributed by atoms with E-state index in [1.54, 1.807) is 0 Å². The molecule has 0 aliphatic heterocycles. The highest BCUT2D eigenvalue weighted by Crippen LogP contribution is 2.23. The van der Waals surface area contributed by atoms with Crippen molar-refractivity contribution in [2.45, 2.75) is 31.7 Å². The lowest BCUT2D eigenvalue weighted by Crippen LogP contribution is -2.17. The summed E-state index contributed by atoms with van der Waals surface area (Å²) in [5.74, 6) is -1.45. The molecular formula is C12H15N3O5S. The van der Waals surface area contributed by atoms with Crippen LogP contribution in [0.15, 0.2) is 27.6 Å². The molecule has 0 fully saturated rings. The van der Waals surface area contributed by atoms with E-state index < -0.39 is 21.8 Å². The number of furan rings is 1. The number of nitrogens with zero attached hydrogens (tertiary/aromatic N) is 2. The van der Waals surface area contributed by atoms with Crippen LogP contribution in [0.4, 0.5) is 5.82 Å². The number of nitrogens with one attached hydrogen (secondary N) is 1.